The summed E-state index contributed by atoms with van der Waals surface area (Å²) in [6.07, 6.45) is -0.236. The van der Waals surface area contributed by atoms with E-state index in [-0.39, 0.29) is 18.0 Å². The summed E-state index contributed by atoms with van der Waals surface area (Å²) in [5.74, 6) is 0. The molecule has 1 amide bonds. The molecule has 7 heteroatoms. The molecule has 1 aliphatic rings. The van der Waals surface area contributed by atoms with Crippen molar-refractivity contribution in [1.82, 2.24) is 4.90 Å². The van der Waals surface area contributed by atoms with Gasteiger partial charge in [-0.25, -0.2) is 4.79 Å². The van der Waals surface area contributed by atoms with E-state index in [2.05, 4.69) is 0 Å². The lowest BCUT2D eigenvalue weighted by molar-refractivity contribution is 0.106. The van der Waals surface area contributed by atoms with E-state index in [4.69, 9.17) is 9.29 Å². The lowest BCUT2D eigenvalue weighted by atomic mass is 9.85. The van der Waals surface area contributed by atoms with Crippen LogP contribution in [0.3, 0.4) is 0 Å². The Bertz CT molecular complexity index is 397. The van der Waals surface area contributed by atoms with Crippen LogP contribution in [0.15, 0.2) is 0 Å². The molecule has 6 nitrogen and oxygen atoms in total. The first-order valence-electron chi connectivity index (χ1n) is 5.38. The molecule has 0 spiro atoms. The highest BCUT2D eigenvalue weighted by atomic mass is 32.2. The van der Waals surface area contributed by atoms with E-state index in [0.29, 0.717) is 6.42 Å². The van der Waals surface area contributed by atoms with Gasteiger partial charge < -0.3 is 10.0 Å². The minimum atomic E-state index is -3.55. The molecule has 100 valence electrons. The molecule has 0 radical (unpaired) electrons. The van der Waals surface area contributed by atoms with Crippen LogP contribution in [0.4, 0.5) is 4.79 Å². The number of hydrogen-bond acceptors (Lipinski definition) is 4. The van der Waals surface area contributed by atoms with Crippen molar-refractivity contribution in [2.75, 3.05) is 12.8 Å². The Hall–Kier alpha value is -0.820. The first-order valence-corrected chi connectivity index (χ1v) is 7.20. The fourth-order valence-corrected chi connectivity index (χ4v) is 2.78. The third kappa shape index (κ3) is 3.85. The van der Waals surface area contributed by atoms with Gasteiger partial charge in [-0.2, -0.15) is 8.42 Å². The minimum Gasteiger partial charge on any atom is -0.465 e. The molecule has 0 aromatic carbocycles. The monoisotopic (exact) mass is 265 g/mol. The third-order valence-electron chi connectivity index (χ3n) is 2.82. The summed E-state index contributed by atoms with van der Waals surface area (Å²) >= 11 is 0. The summed E-state index contributed by atoms with van der Waals surface area (Å²) in [6.45, 7) is 5.88. The molecule has 2 atom stereocenters. The van der Waals surface area contributed by atoms with Crippen LogP contribution < -0.4 is 0 Å². The molecular formula is C10H19NO5S. The van der Waals surface area contributed by atoms with Gasteiger partial charge in [-0.05, 0) is 11.8 Å². The SMILES string of the molecule is CC(C)(C)C1CC(OS(C)(=O)=O)CN1C(=O)O. The standard InChI is InChI=1S/C10H19NO5S/c1-10(2,3)8-5-7(16-17(4,14)15)6-11(8)9(12)13/h7-8H,5-6H2,1-4H3,(H,12,13). The van der Waals surface area contributed by atoms with Gasteiger partial charge in [-0.1, -0.05) is 20.8 Å². The summed E-state index contributed by atoms with van der Waals surface area (Å²) in [7, 11) is -3.55. The normalized spacial score (nSPS) is 26.2. The van der Waals surface area contributed by atoms with Crippen LogP contribution in [0.25, 0.3) is 0 Å². The van der Waals surface area contributed by atoms with Gasteiger partial charge in [0.05, 0.1) is 18.9 Å². The van der Waals surface area contributed by atoms with E-state index in [1.54, 1.807) is 0 Å². The van der Waals surface area contributed by atoms with Crippen LogP contribution in [0.2, 0.25) is 0 Å². The summed E-state index contributed by atoms with van der Waals surface area (Å²) in [4.78, 5) is 12.4. The number of carboxylic acid groups (broad SMARTS) is 1. The Kier molecular flexibility index (Phi) is 3.73. The number of carbonyl (C=O) groups is 1. The lowest BCUT2D eigenvalue weighted by Gasteiger charge is -2.32. The Morgan fingerprint density at radius 3 is 2.24 bits per heavy atom. The van der Waals surface area contributed by atoms with Gasteiger partial charge in [-0.15, -0.1) is 0 Å². The number of likely N-dealkylation sites (tertiary alicyclic amines) is 1. The second-order valence-electron chi connectivity index (χ2n) is 5.47. The van der Waals surface area contributed by atoms with Crippen molar-refractivity contribution in [2.45, 2.75) is 39.3 Å². The van der Waals surface area contributed by atoms with Gasteiger partial charge in [0.25, 0.3) is 10.1 Å². The molecule has 0 bridgehead atoms. The first-order chi connectivity index (χ1) is 7.50. The van der Waals surface area contributed by atoms with Crippen molar-refractivity contribution in [3.8, 4) is 0 Å². The Balaban J connectivity index is 2.83. The van der Waals surface area contributed by atoms with Gasteiger partial charge in [0.1, 0.15) is 0 Å². The number of rotatable bonds is 2. The molecule has 1 rings (SSSR count). The van der Waals surface area contributed by atoms with Crippen LogP contribution >= 0.6 is 0 Å². The van der Waals surface area contributed by atoms with Crippen molar-refractivity contribution < 1.29 is 22.5 Å². The Morgan fingerprint density at radius 1 is 1.41 bits per heavy atom. The fraction of sp³-hybridized carbons (Fsp3) is 0.900. The van der Waals surface area contributed by atoms with Crippen LogP contribution in [-0.4, -0.2) is 49.5 Å². The zero-order chi connectivity index (χ0) is 13.4. The molecule has 1 aliphatic heterocycles. The van der Waals surface area contributed by atoms with Gasteiger partial charge >= 0.3 is 6.09 Å². The first kappa shape index (κ1) is 14.2. The van der Waals surface area contributed by atoms with E-state index < -0.39 is 22.3 Å². The molecule has 0 aromatic rings. The fourth-order valence-electron chi connectivity index (χ4n) is 2.15. The highest BCUT2D eigenvalue weighted by Gasteiger charge is 2.43. The molecular weight excluding hydrogens is 246 g/mol. The maximum Gasteiger partial charge on any atom is 0.407 e. The van der Waals surface area contributed by atoms with Gasteiger partial charge in [-0.3, -0.25) is 4.18 Å². The average Bonchev–Trinajstić information content (AvgIpc) is 2.43. The predicted molar refractivity (Wildman–Crippen MR) is 62.3 cm³/mol. The van der Waals surface area contributed by atoms with Crippen molar-refractivity contribution in [3.05, 3.63) is 0 Å². The summed E-state index contributed by atoms with van der Waals surface area (Å²) < 4.78 is 26.9. The summed E-state index contributed by atoms with van der Waals surface area (Å²) in [5, 5.41) is 9.08. The van der Waals surface area contributed by atoms with Crippen LogP contribution in [0.5, 0.6) is 0 Å². The van der Waals surface area contributed by atoms with Gasteiger partial charge in [0.15, 0.2) is 0 Å². The van der Waals surface area contributed by atoms with E-state index in [0.717, 1.165) is 6.26 Å². The number of amides is 1. The molecule has 1 N–H and O–H groups in total. The third-order valence-corrected chi connectivity index (χ3v) is 3.44. The lowest BCUT2D eigenvalue weighted by Crippen LogP contribution is -2.42. The second-order valence-corrected chi connectivity index (χ2v) is 7.08. The molecule has 2 unspecified atom stereocenters. The van der Waals surface area contributed by atoms with E-state index in [1.807, 2.05) is 20.8 Å². The maximum atomic E-state index is 11.1. The topological polar surface area (TPSA) is 83.9 Å². The zero-order valence-electron chi connectivity index (χ0n) is 10.5. The van der Waals surface area contributed by atoms with E-state index in [9.17, 15) is 13.2 Å². The Labute approximate surface area is 102 Å². The van der Waals surface area contributed by atoms with Gasteiger partial charge in [0.2, 0.25) is 0 Å². The van der Waals surface area contributed by atoms with Crippen molar-refractivity contribution in [2.24, 2.45) is 5.41 Å². The smallest absolute Gasteiger partial charge is 0.407 e. The van der Waals surface area contributed by atoms with Crippen molar-refractivity contribution >= 4 is 16.2 Å². The molecule has 17 heavy (non-hydrogen) atoms. The second kappa shape index (κ2) is 4.45. The number of hydrogen-bond donors (Lipinski definition) is 1. The molecule has 0 aromatic heterocycles. The highest BCUT2D eigenvalue weighted by Crippen LogP contribution is 2.34. The van der Waals surface area contributed by atoms with Crippen molar-refractivity contribution in [1.29, 1.82) is 0 Å². The minimum absolute atomic E-state index is 0.102. The summed E-state index contributed by atoms with van der Waals surface area (Å²) in [6, 6.07) is -0.230. The predicted octanol–water partition coefficient (Wildman–Crippen LogP) is 1.13. The zero-order valence-corrected chi connectivity index (χ0v) is 11.3. The van der Waals surface area contributed by atoms with Crippen LogP contribution in [-0.2, 0) is 14.3 Å². The molecule has 0 aliphatic carbocycles. The van der Waals surface area contributed by atoms with E-state index in [1.165, 1.54) is 4.90 Å². The molecule has 1 saturated heterocycles. The molecule has 1 heterocycles. The van der Waals surface area contributed by atoms with Gasteiger partial charge in [0, 0.05) is 6.04 Å². The van der Waals surface area contributed by atoms with E-state index >= 15 is 0 Å². The molecule has 0 saturated carbocycles. The molecule has 1 fully saturated rings. The quantitative estimate of drug-likeness (QED) is 0.757. The largest absolute Gasteiger partial charge is 0.465 e. The van der Waals surface area contributed by atoms with Crippen LogP contribution in [0.1, 0.15) is 27.2 Å². The van der Waals surface area contributed by atoms with Crippen LogP contribution in [0, 0.1) is 5.41 Å². The maximum absolute atomic E-state index is 11.1. The number of nitrogens with zero attached hydrogens (tertiary/aromatic N) is 1. The Morgan fingerprint density at radius 2 is 1.94 bits per heavy atom. The van der Waals surface area contributed by atoms with Crippen molar-refractivity contribution in [3.63, 3.8) is 0 Å². The summed E-state index contributed by atoms with van der Waals surface area (Å²) in [5.41, 5.74) is -0.242. The highest BCUT2D eigenvalue weighted by molar-refractivity contribution is 7.86. The average molecular weight is 265 g/mol.